The summed E-state index contributed by atoms with van der Waals surface area (Å²) >= 11 is 0. The highest BCUT2D eigenvalue weighted by Gasteiger charge is 2.54. The molecular formula is C26H33NO6Si. The summed E-state index contributed by atoms with van der Waals surface area (Å²) in [4.78, 5) is 30.9. The molecule has 8 heteroatoms. The lowest BCUT2D eigenvalue weighted by atomic mass is 9.97. The van der Waals surface area contributed by atoms with Crippen molar-refractivity contribution in [3.63, 3.8) is 0 Å². The van der Waals surface area contributed by atoms with E-state index in [1.807, 2.05) is 30.3 Å². The number of carbonyl (C=O) groups is 2. The third kappa shape index (κ3) is 5.56. The van der Waals surface area contributed by atoms with E-state index in [9.17, 15) is 9.59 Å². The molecule has 0 saturated heterocycles. The van der Waals surface area contributed by atoms with Crippen molar-refractivity contribution < 1.29 is 28.2 Å². The van der Waals surface area contributed by atoms with E-state index in [0.29, 0.717) is 11.3 Å². The fraction of sp³-hybridized carbons (Fsp3) is 0.423. The van der Waals surface area contributed by atoms with Gasteiger partial charge in [0, 0.05) is 18.6 Å². The van der Waals surface area contributed by atoms with Crippen LogP contribution in [0, 0.1) is 0 Å². The van der Waals surface area contributed by atoms with Crippen molar-refractivity contribution in [3.8, 4) is 5.75 Å². The fourth-order valence-corrected chi connectivity index (χ4v) is 4.22. The minimum atomic E-state index is -2.10. The second-order valence-corrected chi connectivity index (χ2v) is 14.6. The van der Waals surface area contributed by atoms with Crippen LogP contribution >= 0.6 is 0 Å². The Balaban J connectivity index is 1.86. The molecule has 0 radical (unpaired) electrons. The lowest BCUT2D eigenvalue weighted by Gasteiger charge is -2.36. The number of esters is 2. The molecule has 0 aliphatic carbocycles. The molecule has 0 unspecified atom stereocenters. The Labute approximate surface area is 202 Å². The largest absolute Gasteiger partial charge is 0.497 e. The second-order valence-electron chi connectivity index (χ2n) is 9.82. The second kappa shape index (κ2) is 10.1. The SMILES string of the molecule is COc1ccc(C2=N[C@](CCO[Si](C)(C)C(C)(C)C)(C(=O)OCc3ccccc3)C(=O)O2)cc1. The zero-order valence-corrected chi connectivity index (χ0v) is 21.7. The quantitative estimate of drug-likeness (QED) is 0.287. The molecule has 1 aliphatic heterocycles. The van der Waals surface area contributed by atoms with Crippen LogP contribution < -0.4 is 4.74 Å². The summed E-state index contributed by atoms with van der Waals surface area (Å²) in [6.07, 6.45) is 0.0334. The van der Waals surface area contributed by atoms with Crippen LogP contribution in [0.4, 0.5) is 0 Å². The van der Waals surface area contributed by atoms with Gasteiger partial charge in [0.25, 0.3) is 5.54 Å². The minimum Gasteiger partial charge on any atom is -0.497 e. The standard InChI is InChI=1S/C26H33NO6Si/c1-25(2,3)34(5,6)32-17-16-26(23(28)31-18-19-10-8-7-9-11-19)24(29)33-22(27-26)20-12-14-21(30-4)15-13-20/h7-15H,16-18H2,1-6H3/t26-/m1/s1. The Bertz CT molecular complexity index is 1040. The number of hydrogen-bond acceptors (Lipinski definition) is 7. The maximum absolute atomic E-state index is 13.3. The van der Waals surface area contributed by atoms with Crippen LogP contribution in [0.15, 0.2) is 59.6 Å². The molecule has 0 spiro atoms. The van der Waals surface area contributed by atoms with E-state index in [0.717, 1.165) is 5.56 Å². The van der Waals surface area contributed by atoms with Crippen LogP contribution in [0.25, 0.3) is 0 Å². The summed E-state index contributed by atoms with van der Waals surface area (Å²) in [5.74, 6) is -0.763. The molecule has 0 amide bonds. The Morgan fingerprint density at radius 1 is 1.06 bits per heavy atom. The smallest absolute Gasteiger partial charge is 0.352 e. The highest BCUT2D eigenvalue weighted by molar-refractivity contribution is 6.74. The Morgan fingerprint density at radius 2 is 1.71 bits per heavy atom. The van der Waals surface area contributed by atoms with E-state index in [2.05, 4.69) is 38.9 Å². The van der Waals surface area contributed by atoms with Crippen molar-refractivity contribution in [3.05, 3.63) is 65.7 Å². The van der Waals surface area contributed by atoms with E-state index in [-0.39, 0.29) is 30.6 Å². The molecule has 182 valence electrons. The third-order valence-corrected chi connectivity index (χ3v) is 11.0. The zero-order chi connectivity index (χ0) is 25.0. The molecule has 0 bridgehead atoms. The lowest BCUT2D eigenvalue weighted by molar-refractivity contribution is -0.159. The first-order chi connectivity index (χ1) is 16.0. The van der Waals surface area contributed by atoms with Crippen LogP contribution in [0.5, 0.6) is 5.75 Å². The molecule has 0 saturated carbocycles. The molecule has 2 aromatic rings. The summed E-state index contributed by atoms with van der Waals surface area (Å²) in [5, 5.41) is -0.0122. The normalized spacial score (nSPS) is 18.3. The Morgan fingerprint density at radius 3 is 2.29 bits per heavy atom. The maximum Gasteiger partial charge on any atom is 0.352 e. The van der Waals surface area contributed by atoms with E-state index in [4.69, 9.17) is 18.6 Å². The molecule has 34 heavy (non-hydrogen) atoms. The number of ether oxygens (including phenoxy) is 3. The van der Waals surface area contributed by atoms with Gasteiger partial charge in [0.1, 0.15) is 12.4 Å². The zero-order valence-electron chi connectivity index (χ0n) is 20.7. The number of nitrogens with zero attached hydrogens (tertiary/aromatic N) is 1. The molecule has 0 fully saturated rings. The number of cyclic esters (lactones) is 1. The summed E-state index contributed by atoms with van der Waals surface area (Å²) < 4.78 is 22.5. The van der Waals surface area contributed by atoms with Gasteiger partial charge in [-0.1, -0.05) is 51.1 Å². The molecule has 0 N–H and O–H groups in total. The number of rotatable bonds is 9. The van der Waals surface area contributed by atoms with Crippen LogP contribution in [-0.2, 0) is 30.1 Å². The van der Waals surface area contributed by atoms with Gasteiger partial charge in [-0.05, 0) is 48.0 Å². The van der Waals surface area contributed by atoms with Crippen molar-refractivity contribution in [1.29, 1.82) is 0 Å². The molecule has 1 aliphatic rings. The Hall–Kier alpha value is -2.97. The molecule has 1 atom stereocenters. The molecular weight excluding hydrogens is 450 g/mol. The van der Waals surface area contributed by atoms with Crippen molar-refractivity contribution >= 4 is 26.2 Å². The number of methoxy groups -OCH3 is 1. The Kier molecular flexibility index (Phi) is 7.63. The van der Waals surface area contributed by atoms with Gasteiger partial charge in [0.05, 0.1) is 7.11 Å². The number of hydrogen-bond donors (Lipinski definition) is 0. The van der Waals surface area contributed by atoms with Crippen molar-refractivity contribution in [2.24, 2.45) is 4.99 Å². The lowest BCUT2D eigenvalue weighted by Crippen LogP contribution is -2.47. The van der Waals surface area contributed by atoms with Gasteiger partial charge >= 0.3 is 11.9 Å². The monoisotopic (exact) mass is 483 g/mol. The maximum atomic E-state index is 13.3. The molecule has 1 heterocycles. The van der Waals surface area contributed by atoms with Gasteiger partial charge in [-0.2, -0.15) is 0 Å². The summed E-state index contributed by atoms with van der Waals surface area (Å²) in [6, 6.07) is 16.2. The first-order valence-corrected chi connectivity index (χ1v) is 14.2. The molecule has 0 aromatic heterocycles. The van der Waals surface area contributed by atoms with Gasteiger partial charge in [-0.15, -0.1) is 0 Å². The third-order valence-electron chi connectivity index (χ3n) is 6.44. The van der Waals surface area contributed by atoms with Gasteiger partial charge in [0.2, 0.25) is 5.90 Å². The van der Waals surface area contributed by atoms with Crippen LogP contribution in [0.1, 0.15) is 38.3 Å². The average molecular weight is 484 g/mol. The molecule has 2 aromatic carbocycles. The van der Waals surface area contributed by atoms with Gasteiger partial charge in [0.15, 0.2) is 8.32 Å². The molecule has 3 rings (SSSR count). The predicted octanol–water partition coefficient (Wildman–Crippen LogP) is 4.89. The topological polar surface area (TPSA) is 83.4 Å². The minimum absolute atomic E-state index is 0.0122. The molecule has 7 nitrogen and oxygen atoms in total. The van der Waals surface area contributed by atoms with E-state index >= 15 is 0 Å². The van der Waals surface area contributed by atoms with E-state index < -0.39 is 25.8 Å². The van der Waals surface area contributed by atoms with Crippen LogP contribution in [-0.4, -0.2) is 45.4 Å². The number of aliphatic imine (C=N–C) groups is 1. The first-order valence-electron chi connectivity index (χ1n) is 11.3. The summed E-state index contributed by atoms with van der Waals surface area (Å²) in [6.45, 7) is 10.8. The number of benzene rings is 2. The highest BCUT2D eigenvalue weighted by Crippen LogP contribution is 2.37. The average Bonchev–Trinajstić information content (AvgIpc) is 3.14. The van der Waals surface area contributed by atoms with Crippen molar-refractivity contribution in [1.82, 2.24) is 0 Å². The summed E-state index contributed by atoms with van der Waals surface area (Å²) in [5.41, 5.74) is -0.432. The van der Waals surface area contributed by atoms with Crippen molar-refractivity contribution in [2.45, 2.75) is 57.5 Å². The number of carbonyl (C=O) groups excluding carboxylic acids is 2. The van der Waals surface area contributed by atoms with Gasteiger partial charge < -0.3 is 18.6 Å². The van der Waals surface area contributed by atoms with Crippen molar-refractivity contribution in [2.75, 3.05) is 13.7 Å². The van der Waals surface area contributed by atoms with Crippen LogP contribution in [0.2, 0.25) is 18.1 Å². The van der Waals surface area contributed by atoms with Gasteiger partial charge in [-0.25, -0.2) is 14.6 Å². The fourth-order valence-electron chi connectivity index (χ4n) is 3.17. The first kappa shape index (κ1) is 25.6. The summed E-state index contributed by atoms with van der Waals surface area (Å²) in [7, 11) is -0.528. The van der Waals surface area contributed by atoms with Gasteiger partial charge in [-0.3, -0.25) is 0 Å². The highest BCUT2D eigenvalue weighted by atomic mass is 28.4. The van der Waals surface area contributed by atoms with E-state index in [1.54, 1.807) is 31.4 Å². The van der Waals surface area contributed by atoms with E-state index in [1.165, 1.54) is 0 Å². The predicted molar refractivity (Wildman–Crippen MR) is 132 cm³/mol. The van der Waals surface area contributed by atoms with Crippen LogP contribution in [0.3, 0.4) is 0 Å².